The largest absolute Gasteiger partial charge is 0.292 e. The van der Waals surface area contributed by atoms with Crippen LogP contribution < -0.4 is 0 Å². The number of hydrogen-bond donors (Lipinski definition) is 0. The molecule has 1 heterocycles. The van der Waals surface area contributed by atoms with Crippen molar-refractivity contribution in [1.29, 1.82) is 0 Å². The number of nitrogens with zero attached hydrogens (tertiary/aromatic N) is 3. The van der Waals surface area contributed by atoms with Gasteiger partial charge in [0.1, 0.15) is 5.82 Å². The number of benzene rings is 10. The van der Waals surface area contributed by atoms with E-state index in [4.69, 9.17) is 9.98 Å². The van der Waals surface area contributed by atoms with E-state index >= 15 is 0 Å². The third-order valence-corrected chi connectivity index (χ3v) is 12.7. The molecule has 0 bridgehead atoms. The Labute approximate surface area is 374 Å². The van der Waals surface area contributed by atoms with Gasteiger partial charge in [-0.05, 0) is 140 Å². The predicted molar refractivity (Wildman–Crippen MR) is 271 cm³/mol. The summed E-state index contributed by atoms with van der Waals surface area (Å²) in [7, 11) is 0. The summed E-state index contributed by atoms with van der Waals surface area (Å²) in [5.74, 6) is 0.922. The van der Waals surface area contributed by atoms with Crippen LogP contribution in [0.4, 0.5) is 5.69 Å². The second kappa shape index (κ2) is 16.3. The number of hydrogen-bond acceptors (Lipinski definition) is 2. The molecule has 0 atom stereocenters. The zero-order chi connectivity index (χ0) is 43.1. The highest BCUT2D eigenvalue weighted by molar-refractivity contribution is 6.21. The molecule has 0 amide bonds. The average molecular weight is 820 g/mol. The minimum absolute atomic E-state index is 0.922. The molecule has 11 rings (SSSR count). The van der Waals surface area contributed by atoms with E-state index in [9.17, 15) is 0 Å². The molecule has 0 aliphatic carbocycles. The van der Waals surface area contributed by atoms with Gasteiger partial charge >= 0.3 is 0 Å². The fourth-order valence-electron chi connectivity index (χ4n) is 9.51. The summed E-state index contributed by atoms with van der Waals surface area (Å²) in [5.41, 5.74) is 19.3. The van der Waals surface area contributed by atoms with Gasteiger partial charge in [-0.25, -0.2) is 4.98 Å². The molecule has 1 aromatic heterocycles. The molecule has 0 fully saturated rings. The van der Waals surface area contributed by atoms with Gasteiger partial charge in [-0.1, -0.05) is 176 Å². The van der Waals surface area contributed by atoms with Crippen molar-refractivity contribution in [1.82, 2.24) is 9.55 Å². The van der Waals surface area contributed by atoms with Gasteiger partial charge in [-0.15, -0.1) is 0 Å². The first-order valence-electron chi connectivity index (χ1n) is 22.0. The van der Waals surface area contributed by atoms with Crippen LogP contribution in [0.3, 0.4) is 0 Å². The zero-order valence-corrected chi connectivity index (χ0v) is 36.1. The summed E-state index contributed by atoms with van der Waals surface area (Å²) in [5, 5.41) is 4.88. The van der Waals surface area contributed by atoms with Crippen molar-refractivity contribution in [3.63, 3.8) is 0 Å². The minimum Gasteiger partial charge on any atom is -0.292 e. The maximum Gasteiger partial charge on any atom is 0.145 e. The molecule has 304 valence electrons. The van der Waals surface area contributed by atoms with E-state index in [1.54, 1.807) is 0 Å². The molecule has 0 saturated carbocycles. The van der Waals surface area contributed by atoms with Crippen LogP contribution in [0.5, 0.6) is 0 Å². The summed E-state index contributed by atoms with van der Waals surface area (Å²) in [6.07, 6.45) is 0. The summed E-state index contributed by atoms with van der Waals surface area (Å²) in [4.78, 5) is 10.4. The van der Waals surface area contributed by atoms with E-state index in [2.05, 4.69) is 244 Å². The maximum atomic E-state index is 5.21. The fraction of sp³-hybridized carbons (Fsp3) is 0.0492. The van der Waals surface area contributed by atoms with Gasteiger partial charge < -0.3 is 0 Å². The Morgan fingerprint density at radius 1 is 0.422 bits per heavy atom. The molecule has 0 unspecified atom stereocenters. The Morgan fingerprint density at radius 3 is 1.69 bits per heavy atom. The van der Waals surface area contributed by atoms with Crippen molar-refractivity contribution in [2.75, 3.05) is 0 Å². The molecule has 0 radical (unpaired) electrons. The predicted octanol–water partition coefficient (Wildman–Crippen LogP) is 16.4. The van der Waals surface area contributed by atoms with E-state index in [1.165, 1.54) is 54.9 Å². The van der Waals surface area contributed by atoms with Gasteiger partial charge in [0.25, 0.3) is 0 Å². The van der Waals surface area contributed by atoms with E-state index in [0.29, 0.717) is 0 Å². The molecular weight excluding hydrogens is 775 g/mol. The molecular formula is C61H45N3. The Kier molecular flexibility index (Phi) is 9.86. The van der Waals surface area contributed by atoms with E-state index < -0.39 is 0 Å². The molecule has 0 aliphatic heterocycles. The smallest absolute Gasteiger partial charge is 0.145 e. The monoisotopic (exact) mass is 819 g/mol. The lowest BCUT2D eigenvalue weighted by Crippen LogP contribution is -2.00. The van der Waals surface area contributed by atoms with Crippen molar-refractivity contribution in [2.45, 2.75) is 20.8 Å². The van der Waals surface area contributed by atoms with E-state index in [1.807, 2.05) is 0 Å². The number of aryl methyl sites for hydroxylation is 2. The standard InChI is InChI=1S/C61H45N3/c1-40-18-7-9-24-49(40)50-37-36-45(39-55(50)42(3)62-56-29-14-8-19-41(56)2)43-32-34-44(35-33-43)59-51-25-10-12-27-53(51)60(54-28-13-11-26-52(54)59)46-20-17-21-47(38-46)61-63-57-30-15-16-31-58(57)64(61)48-22-5-4-6-23-48/h4-39H,1-3H3. The first-order chi connectivity index (χ1) is 31.5. The summed E-state index contributed by atoms with van der Waals surface area (Å²) in [6.45, 7) is 6.44. The van der Waals surface area contributed by atoms with Gasteiger partial charge in [0, 0.05) is 22.5 Å². The number of fused-ring (bicyclic) bond motifs is 3. The lowest BCUT2D eigenvalue weighted by molar-refractivity contribution is 1.10. The summed E-state index contributed by atoms with van der Waals surface area (Å²) >= 11 is 0. The van der Waals surface area contributed by atoms with E-state index in [-0.39, 0.29) is 0 Å². The van der Waals surface area contributed by atoms with Crippen LogP contribution in [0.15, 0.2) is 223 Å². The average Bonchev–Trinajstić information content (AvgIpc) is 3.74. The number of aromatic nitrogens is 2. The highest BCUT2D eigenvalue weighted by Gasteiger charge is 2.20. The number of para-hydroxylation sites is 4. The Morgan fingerprint density at radius 2 is 0.984 bits per heavy atom. The third kappa shape index (κ3) is 6.88. The van der Waals surface area contributed by atoms with E-state index in [0.717, 1.165) is 67.3 Å². The zero-order valence-electron chi connectivity index (χ0n) is 36.1. The Hall–Kier alpha value is -8.14. The van der Waals surface area contributed by atoms with Crippen LogP contribution in [0.25, 0.3) is 94.2 Å². The minimum atomic E-state index is 0.922. The third-order valence-electron chi connectivity index (χ3n) is 12.7. The van der Waals surface area contributed by atoms with Crippen molar-refractivity contribution >= 4 is 44.0 Å². The van der Waals surface area contributed by atoms with Crippen LogP contribution in [0.1, 0.15) is 23.6 Å². The molecule has 10 aromatic carbocycles. The first-order valence-corrected chi connectivity index (χ1v) is 22.0. The SMILES string of the molecule is CC(=Nc1ccccc1C)c1cc(-c2ccc(-c3c4ccccc4c(-c4cccc(-c5nc6ccccc6n5-c5ccccc5)c4)c4ccccc34)cc2)ccc1-c1ccccc1C. The summed E-state index contributed by atoms with van der Waals surface area (Å²) < 4.78 is 2.27. The lowest BCUT2D eigenvalue weighted by atomic mass is 9.85. The molecule has 3 nitrogen and oxygen atoms in total. The fourth-order valence-corrected chi connectivity index (χ4v) is 9.51. The molecule has 64 heavy (non-hydrogen) atoms. The Balaban J connectivity index is 1.03. The van der Waals surface area contributed by atoms with Crippen LogP contribution in [0.2, 0.25) is 0 Å². The van der Waals surface area contributed by atoms with Crippen LogP contribution in [-0.2, 0) is 0 Å². The molecule has 0 spiro atoms. The maximum absolute atomic E-state index is 5.21. The van der Waals surface area contributed by atoms with Gasteiger partial charge in [0.15, 0.2) is 0 Å². The highest BCUT2D eigenvalue weighted by atomic mass is 15.1. The van der Waals surface area contributed by atoms with Gasteiger partial charge in [0.2, 0.25) is 0 Å². The van der Waals surface area contributed by atoms with Gasteiger partial charge in [0.05, 0.1) is 16.7 Å². The number of aliphatic imine (C=N–C) groups is 1. The van der Waals surface area contributed by atoms with Crippen molar-refractivity contribution in [3.05, 3.63) is 235 Å². The second-order valence-electron chi connectivity index (χ2n) is 16.7. The Bertz CT molecular complexity index is 3520. The number of rotatable bonds is 8. The quantitative estimate of drug-likeness (QED) is 0.111. The highest BCUT2D eigenvalue weighted by Crippen LogP contribution is 2.45. The van der Waals surface area contributed by atoms with Crippen molar-refractivity contribution < 1.29 is 0 Å². The van der Waals surface area contributed by atoms with Gasteiger partial charge in [-0.2, -0.15) is 0 Å². The summed E-state index contributed by atoms with van der Waals surface area (Å²) in [6, 6.07) is 78.5. The molecule has 0 aliphatic rings. The van der Waals surface area contributed by atoms with Gasteiger partial charge in [-0.3, -0.25) is 9.56 Å². The normalized spacial score (nSPS) is 11.8. The first kappa shape index (κ1) is 38.8. The molecule has 0 saturated heterocycles. The van der Waals surface area contributed by atoms with Crippen LogP contribution >= 0.6 is 0 Å². The van der Waals surface area contributed by atoms with Crippen molar-refractivity contribution in [3.8, 4) is 61.6 Å². The van der Waals surface area contributed by atoms with Crippen molar-refractivity contribution in [2.24, 2.45) is 4.99 Å². The molecule has 11 aromatic rings. The second-order valence-corrected chi connectivity index (χ2v) is 16.7. The number of imidazole rings is 1. The topological polar surface area (TPSA) is 30.2 Å². The lowest BCUT2D eigenvalue weighted by Gasteiger charge is -2.19. The van der Waals surface area contributed by atoms with Crippen LogP contribution in [0, 0.1) is 13.8 Å². The van der Waals surface area contributed by atoms with Crippen LogP contribution in [-0.4, -0.2) is 15.3 Å². The molecule has 3 heteroatoms. The molecule has 0 N–H and O–H groups in total.